The molecule has 0 spiro atoms. The van der Waals surface area contributed by atoms with Crippen molar-refractivity contribution in [2.24, 2.45) is 0 Å². The Morgan fingerprint density at radius 2 is 1.06 bits per heavy atom. The molecule has 0 aliphatic heterocycles. The van der Waals surface area contributed by atoms with Crippen molar-refractivity contribution in [1.29, 1.82) is 0 Å². The third kappa shape index (κ3) is 3.05. The Hall–Kier alpha value is -0.466. The monoisotopic (exact) mass is 270 g/mol. The van der Waals surface area contributed by atoms with Gasteiger partial charge in [-0.1, -0.05) is 49.1 Å². The number of benzene rings is 1. The third-order valence-electron chi connectivity index (χ3n) is 2.91. The molecule has 0 heterocycles. The van der Waals surface area contributed by atoms with Crippen LogP contribution in [-0.2, 0) is 13.3 Å². The first-order valence-electron chi connectivity index (χ1n) is 5.66. The molecule has 0 N–H and O–H groups in total. The van der Waals surface area contributed by atoms with Crippen LogP contribution in [0.3, 0.4) is 0 Å². The van der Waals surface area contributed by atoms with Gasteiger partial charge in [0.2, 0.25) is 0 Å². The molecular weight excluding hydrogens is 248 g/mol. The van der Waals surface area contributed by atoms with Crippen LogP contribution in [0.2, 0.25) is 19.6 Å². The SMILES string of the molecule is CO[Si](OC)(OC)c1ccc([Si](C)(C)C)cc1. The summed E-state index contributed by atoms with van der Waals surface area (Å²) in [5.74, 6) is 0. The van der Waals surface area contributed by atoms with E-state index < -0.39 is 16.9 Å². The van der Waals surface area contributed by atoms with Crippen molar-refractivity contribution in [3.8, 4) is 0 Å². The van der Waals surface area contributed by atoms with Crippen LogP contribution in [0.15, 0.2) is 24.3 Å². The topological polar surface area (TPSA) is 27.7 Å². The molecule has 5 heteroatoms. The first-order valence-corrected chi connectivity index (χ1v) is 10.9. The molecule has 1 rings (SSSR count). The lowest BCUT2D eigenvalue weighted by Crippen LogP contribution is -2.55. The molecule has 17 heavy (non-hydrogen) atoms. The fraction of sp³-hybridized carbons (Fsp3) is 0.500. The van der Waals surface area contributed by atoms with Crippen LogP contribution in [0.1, 0.15) is 0 Å². The van der Waals surface area contributed by atoms with Crippen molar-refractivity contribution in [2.75, 3.05) is 21.3 Å². The molecule has 1 aromatic carbocycles. The Bertz CT molecular complexity index is 345. The van der Waals surface area contributed by atoms with Gasteiger partial charge in [0.1, 0.15) is 0 Å². The van der Waals surface area contributed by atoms with E-state index in [9.17, 15) is 0 Å². The van der Waals surface area contributed by atoms with E-state index in [2.05, 4.69) is 43.9 Å². The molecule has 0 bridgehead atoms. The van der Waals surface area contributed by atoms with E-state index in [1.165, 1.54) is 5.19 Å². The molecule has 0 amide bonds. The predicted octanol–water partition coefficient (Wildman–Crippen LogP) is 1.32. The highest BCUT2D eigenvalue weighted by Crippen LogP contribution is 2.07. The van der Waals surface area contributed by atoms with Gasteiger partial charge in [-0.25, -0.2) is 0 Å². The van der Waals surface area contributed by atoms with Gasteiger partial charge in [0, 0.05) is 26.5 Å². The van der Waals surface area contributed by atoms with Gasteiger partial charge >= 0.3 is 8.80 Å². The van der Waals surface area contributed by atoms with Gasteiger partial charge in [-0.3, -0.25) is 0 Å². The number of hydrogen-bond acceptors (Lipinski definition) is 3. The highest BCUT2D eigenvalue weighted by Gasteiger charge is 2.40. The molecule has 0 unspecified atom stereocenters. The van der Waals surface area contributed by atoms with E-state index in [4.69, 9.17) is 13.3 Å². The van der Waals surface area contributed by atoms with Gasteiger partial charge < -0.3 is 13.3 Å². The smallest absolute Gasteiger partial charge is 0.373 e. The molecule has 0 saturated carbocycles. The van der Waals surface area contributed by atoms with Crippen LogP contribution in [-0.4, -0.2) is 38.2 Å². The van der Waals surface area contributed by atoms with E-state index in [1.807, 2.05) is 0 Å². The average Bonchev–Trinajstić information content (AvgIpc) is 2.32. The first-order chi connectivity index (χ1) is 7.89. The lowest BCUT2D eigenvalue weighted by atomic mass is 10.4. The summed E-state index contributed by atoms with van der Waals surface area (Å²) < 4.78 is 16.4. The summed E-state index contributed by atoms with van der Waals surface area (Å²) in [5, 5.41) is 2.43. The third-order valence-corrected chi connectivity index (χ3v) is 7.63. The molecule has 96 valence electrons. The van der Waals surface area contributed by atoms with Crippen LogP contribution in [0.4, 0.5) is 0 Å². The second-order valence-electron chi connectivity index (χ2n) is 5.00. The minimum atomic E-state index is -2.66. The highest BCUT2D eigenvalue weighted by molar-refractivity contribution is 6.88. The van der Waals surface area contributed by atoms with Crippen LogP contribution >= 0.6 is 0 Å². The normalized spacial score (nSPS) is 12.8. The summed E-state index contributed by atoms with van der Waals surface area (Å²) in [6.45, 7) is 6.99. The molecule has 0 aliphatic carbocycles. The minimum Gasteiger partial charge on any atom is -0.373 e. The van der Waals surface area contributed by atoms with Gasteiger partial charge in [-0.15, -0.1) is 0 Å². The van der Waals surface area contributed by atoms with Crippen LogP contribution < -0.4 is 10.4 Å². The summed E-state index contributed by atoms with van der Waals surface area (Å²) in [6.07, 6.45) is 0. The molecule has 3 nitrogen and oxygen atoms in total. The predicted molar refractivity (Wildman–Crippen MR) is 75.8 cm³/mol. The zero-order chi connectivity index (χ0) is 13.1. The molecule has 1 aromatic rings. The zero-order valence-electron chi connectivity index (χ0n) is 11.5. The summed E-state index contributed by atoms with van der Waals surface area (Å²) in [4.78, 5) is 0. The van der Waals surface area contributed by atoms with Crippen molar-refractivity contribution in [3.63, 3.8) is 0 Å². The summed E-state index contributed by atoms with van der Waals surface area (Å²) in [7, 11) is 0.979. The quantitative estimate of drug-likeness (QED) is 0.755. The zero-order valence-corrected chi connectivity index (χ0v) is 13.5. The number of rotatable bonds is 5. The minimum absolute atomic E-state index is 1.01. The van der Waals surface area contributed by atoms with E-state index in [0.717, 1.165) is 5.19 Å². The molecule has 0 fully saturated rings. The fourth-order valence-corrected chi connectivity index (χ4v) is 4.73. The lowest BCUT2D eigenvalue weighted by Gasteiger charge is -2.25. The highest BCUT2D eigenvalue weighted by atomic mass is 28.4. The van der Waals surface area contributed by atoms with Crippen LogP contribution in [0.25, 0.3) is 0 Å². The molecule has 0 atom stereocenters. The average molecular weight is 270 g/mol. The molecule has 0 aromatic heterocycles. The maximum absolute atomic E-state index is 5.45. The van der Waals surface area contributed by atoms with Crippen molar-refractivity contribution in [2.45, 2.75) is 19.6 Å². The van der Waals surface area contributed by atoms with Crippen molar-refractivity contribution in [1.82, 2.24) is 0 Å². The van der Waals surface area contributed by atoms with Gasteiger partial charge in [-0.2, -0.15) is 0 Å². The Balaban J connectivity index is 3.09. The largest absolute Gasteiger partial charge is 0.536 e. The van der Waals surface area contributed by atoms with Crippen molar-refractivity contribution in [3.05, 3.63) is 24.3 Å². The van der Waals surface area contributed by atoms with E-state index in [0.29, 0.717) is 0 Å². The second-order valence-corrected chi connectivity index (χ2v) is 13.0. The summed E-state index contributed by atoms with van der Waals surface area (Å²) >= 11 is 0. The summed E-state index contributed by atoms with van der Waals surface area (Å²) in [6, 6.07) is 8.47. The molecule has 0 radical (unpaired) electrons. The number of hydrogen-bond donors (Lipinski definition) is 0. The fourth-order valence-electron chi connectivity index (χ4n) is 1.78. The van der Waals surface area contributed by atoms with Crippen molar-refractivity contribution < 1.29 is 13.3 Å². The first kappa shape index (κ1) is 14.6. The summed E-state index contributed by atoms with van der Waals surface area (Å²) in [5.41, 5.74) is 0. The van der Waals surface area contributed by atoms with Gasteiger partial charge in [-0.05, 0) is 0 Å². The van der Waals surface area contributed by atoms with E-state index >= 15 is 0 Å². The maximum Gasteiger partial charge on any atom is 0.536 e. The Kier molecular flexibility index (Phi) is 4.68. The maximum atomic E-state index is 5.45. The second kappa shape index (κ2) is 5.45. The lowest BCUT2D eigenvalue weighted by molar-refractivity contribution is 0.140. The molecule has 0 saturated heterocycles. The Morgan fingerprint density at radius 1 is 0.706 bits per heavy atom. The van der Waals surface area contributed by atoms with Crippen molar-refractivity contribution >= 4 is 27.3 Å². The molecular formula is C12H22O3Si2. The van der Waals surface area contributed by atoms with Crippen LogP contribution in [0.5, 0.6) is 0 Å². The van der Waals surface area contributed by atoms with Gasteiger partial charge in [0.05, 0.1) is 8.07 Å². The Morgan fingerprint density at radius 3 is 1.35 bits per heavy atom. The van der Waals surface area contributed by atoms with Crippen LogP contribution in [0, 0.1) is 0 Å². The van der Waals surface area contributed by atoms with E-state index in [-0.39, 0.29) is 0 Å². The van der Waals surface area contributed by atoms with E-state index in [1.54, 1.807) is 21.3 Å². The van der Waals surface area contributed by atoms with Gasteiger partial charge in [0.15, 0.2) is 0 Å². The molecule has 0 aliphatic rings. The standard InChI is InChI=1S/C12H22O3Si2/c1-13-17(14-2,15-3)12-9-7-11(8-10-12)16(4,5)6/h7-10H,1-6H3. The van der Waals surface area contributed by atoms with Gasteiger partial charge in [0.25, 0.3) is 0 Å². The Labute approximate surface area is 106 Å².